The topological polar surface area (TPSA) is 154 Å². The van der Waals surface area contributed by atoms with Gasteiger partial charge in [-0.15, -0.1) is 0 Å². The Morgan fingerprint density at radius 3 is 2.50 bits per heavy atom. The van der Waals surface area contributed by atoms with E-state index >= 15 is 0 Å². The number of nitrogens with one attached hydrogen (secondary N) is 2. The van der Waals surface area contributed by atoms with Gasteiger partial charge >= 0.3 is 6.09 Å². The second kappa shape index (κ2) is 12.9. The van der Waals surface area contributed by atoms with Crippen LogP contribution in [0, 0.1) is 6.92 Å². The second-order valence-electron chi connectivity index (χ2n) is 8.81. The molecule has 4 N–H and O–H groups in total. The van der Waals surface area contributed by atoms with Crippen molar-refractivity contribution >= 4 is 35.0 Å². The van der Waals surface area contributed by atoms with Gasteiger partial charge in [-0.2, -0.15) is 0 Å². The average molecular weight is 562 g/mol. The molecular weight excluding hydrogens is 534 g/mol. The van der Waals surface area contributed by atoms with E-state index in [4.69, 9.17) is 26.8 Å². The van der Waals surface area contributed by atoms with Crippen LogP contribution < -0.4 is 25.8 Å². The number of ether oxygens (including phenoxy) is 2. The molecule has 0 radical (unpaired) electrons. The number of rotatable bonds is 10. The number of aromatic nitrogens is 4. The summed E-state index contributed by atoms with van der Waals surface area (Å²) in [6.45, 7) is 1.91. The molecule has 0 spiro atoms. The van der Waals surface area contributed by atoms with Crippen LogP contribution in [0.25, 0.3) is 11.4 Å². The van der Waals surface area contributed by atoms with E-state index < -0.39 is 6.09 Å². The summed E-state index contributed by atoms with van der Waals surface area (Å²) in [5.41, 5.74) is 9.80. The third-order valence-electron chi connectivity index (χ3n) is 5.87. The maximum Gasteiger partial charge on any atom is 0.411 e. The molecule has 0 aliphatic rings. The fraction of sp³-hybridized carbons (Fsp3) is 0.214. The Morgan fingerprint density at radius 2 is 1.80 bits per heavy atom. The molecule has 0 fully saturated rings. The number of carbonyl (C=O) groups excluding carboxylic acids is 2. The minimum atomic E-state index is -0.913. The molecule has 12 heteroatoms. The van der Waals surface area contributed by atoms with Crippen LogP contribution in [0.1, 0.15) is 33.6 Å². The van der Waals surface area contributed by atoms with Gasteiger partial charge in [-0.05, 0) is 61.6 Å². The first kappa shape index (κ1) is 28.2. The zero-order chi connectivity index (χ0) is 28.6. The molecule has 4 rings (SSSR count). The van der Waals surface area contributed by atoms with Crippen molar-refractivity contribution in [2.24, 2.45) is 5.73 Å². The van der Waals surface area contributed by atoms with Crippen LogP contribution in [0.4, 0.5) is 16.2 Å². The number of hydrogen-bond acceptors (Lipinski definition) is 9. The number of aryl methyl sites for hydroxylation is 3. The molecule has 3 aromatic heterocycles. The van der Waals surface area contributed by atoms with Crippen LogP contribution in [0.2, 0.25) is 5.15 Å². The number of benzene rings is 1. The minimum absolute atomic E-state index is 0.155. The van der Waals surface area contributed by atoms with Gasteiger partial charge in [-0.25, -0.2) is 24.7 Å². The highest BCUT2D eigenvalue weighted by molar-refractivity contribution is 6.29. The number of primary amides is 1. The third kappa shape index (κ3) is 7.00. The number of nitrogens with zero attached hydrogens (tertiary/aromatic N) is 4. The Hall–Kier alpha value is -4.77. The lowest BCUT2D eigenvalue weighted by Gasteiger charge is -2.18. The highest BCUT2D eigenvalue weighted by Crippen LogP contribution is 2.39. The number of nitrogens with two attached hydrogens (primary N) is 1. The Balaban J connectivity index is 1.69. The Morgan fingerprint density at radius 1 is 1.02 bits per heavy atom. The lowest BCUT2D eigenvalue weighted by molar-refractivity contribution is 0.0963. The Kier molecular flexibility index (Phi) is 9.07. The van der Waals surface area contributed by atoms with Crippen LogP contribution in [-0.4, -0.2) is 46.1 Å². The molecule has 1 aromatic carbocycles. The van der Waals surface area contributed by atoms with Gasteiger partial charge in [0.1, 0.15) is 5.15 Å². The van der Waals surface area contributed by atoms with E-state index in [0.717, 1.165) is 23.2 Å². The summed E-state index contributed by atoms with van der Waals surface area (Å²) in [6, 6.07) is 10.7. The maximum atomic E-state index is 12.5. The molecule has 0 saturated carbocycles. The molecule has 0 aliphatic heterocycles. The molecule has 0 bridgehead atoms. The third-order valence-corrected chi connectivity index (χ3v) is 6.08. The van der Waals surface area contributed by atoms with Crippen molar-refractivity contribution in [3.63, 3.8) is 0 Å². The summed E-state index contributed by atoms with van der Waals surface area (Å²) in [5, 5.41) is 6.14. The first-order valence-corrected chi connectivity index (χ1v) is 12.7. The van der Waals surface area contributed by atoms with E-state index in [9.17, 15) is 9.59 Å². The van der Waals surface area contributed by atoms with Crippen LogP contribution in [0.3, 0.4) is 0 Å². The van der Waals surface area contributed by atoms with Crippen LogP contribution in [-0.2, 0) is 12.8 Å². The van der Waals surface area contributed by atoms with Crippen molar-refractivity contribution in [1.29, 1.82) is 0 Å². The van der Waals surface area contributed by atoms with Crippen molar-refractivity contribution in [3.8, 4) is 23.0 Å². The van der Waals surface area contributed by atoms with Gasteiger partial charge in [-0.3, -0.25) is 4.79 Å². The normalized spacial score (nSPS) is 10.6. The van der Waals surface area contributed by atoms with E-state index in [1.165, 1.54) is 6.20 Å². The molecule has 3 heterocycles. The minimum Gasteiger partial charge on any atom is -0.494 e. The highest BCUT2D eigenvalue weighted by atomic mass is 35.5. The SMILES string of the molecule is CNC(=O)c1cnc(Cl)cc1Nc1cc(CCCc2cccc(OC(N)=O)n2)cc(-c2ncc(C)cn2)c1OC. The number of methoxy groups -OCH3 is 1. The summed E-state index contributed by atoms with van der Waals surface area (Å²) in [6.07, 6.45) is 6.00. The Bertz CT molecular complexity index is 1530. The maximum absolute atomic E-state index is 12.5. The van der Waals surface area contributed by atoms with Crippen LogP contribution in [0.5, 0.6) is 11.6 Å². The molecule has 0 saturated heterocycles. The summed E-state index contributed by atoms with van der Waals surface area (Å²) < 4.78 is 10.7. The molecule has 2 amide bonds. The van der Waals surface area contributed by atoms with Gasteiger partial charge in [0.15, 0.2) is 11.6 Å². The lowest BCUT2D eigenvalue weighted by Crippen LogP contribution is -2.19. The zero-order valence-electron chi connectivity index (χ0n) is 22.2. The number of anilines is 2. The van der Waals surface area contributed by atoms with Gasteiger partial charge in [0.2, 0.25) is 5.88 Å². The van der Waals surface area contributed by atoms with Gasteiger partial charge < -0.3 is 25.8 Å². The molecule has 206 valence electrons. The van der Waals surface area contributed by atoms with E-state index in [1.54, 1.807) is 44.8 Å². The lowest BCUT2D eigenvalue weighted by atomic mass is 10.0. The first-order valence-electron chi connectivity index (χ1n) is 12.3. The van der Waals surface area contributed by atoms with E-state index in [1.807, 2.05) is 25.1 Å². The molecule has 0 aliphatic carbocycles. The summed E-state index contributed by atoms with van der Waals surface area (Å²) in [4.78, 5) is 41.0. The number of pyridine rings is 2. The summed E-state index contributed by atoms with van der Waals surface area (Å²) in [5.74, 6) is 0.826. The number of halogens is 1. The molecule has 40 heavy (non-hydrogen) atoms. The monoisotopic (exact) mass is 561 g/mol. The largest absolute Gasteiger partial charge is 0.494 e. The molecule has 4 aromatic rings. The standard InChI is InChI=1S/C28H28ClN7O4/c1-16-13-33-26(34-14-16)19-10-17(6-4-7-18-8-5-9-24(35-18)40-28(30)38)11-22(25(19)39-3)36-21-12-23(29)32-15-20(21)27(37)31-2/h5,8-15H,4,6-7H2,1-3H3,(H2,30,38)(H,31,37)(H,32,36). The van der Waals surface area contributed by atoms with E-state index in [-0.39, 0.29) is 16.9 Å². The fourth-order valence-corrected chi connectivity index (χ4v) is 4.23. The van der Waals surface area contributed by atoms with Gasteiger partial charge in [0, 0.05) is 37.4 Å². The fourth-order valence-electron chi connectivity index (χ4n) is 4.07. The van der Waals surface area contributed by atoms with Crippen molar-refractivity contribution in [3.05, 3.63) is 82.5 Å². The van der Waals surface area contributed by atoms with Crippen molar-refractivity contribution < 1.29 is 19.1 Å². The average Bonchev–Trinajstić information content (AvgIpc) is 2.93. The second-order valence-corrected chi connectivity index (χ2v) is 9.19. The van der Waals surface area contributed by atoms with Crippen molar-refractivity contribution in [1.82, 2.24) is 25.3 Å². The smallest absolute Gasteiger partial charge is 0.411 e. The van der Waals surface area contributed by atoms with Crippen molar-refractivity contribution in [2.45, 2.75) is 26.2 Å². The van der Waals surface area contributed by atoms with Crippen molar-refractivity contribution in [2.75, 3.05) is 19.5 Å². The summed E-state index contributed by atoms with van der Waals surface area (Å²) in [7, 11) is 3.10. The predicted octanol–water partition coefficient (Wildman–Crippen LogP) is 4.64. The quantitative estimate of drug-likeness (QED) is 0.235. The van der Waals surface area contributed by atoms with Gasteiger partial charge in [-0.1, -0.05) is 17.7 Å². The van der Waals surface area contributed by atoms with Gasteiger partial charge in [0.25, 0.3) is 5.91 Å². The van der Waals surface area contributed by atoms with E-state index in [2.05, 4.69) is 30.6 Å². The van der Waals surface area contributed by atoms with Crippen LogP contribution >= 0.6 is 11.6 Å². The highest BCUT2D eigenvalue weighted by Gasteiger charge is 2.19. The number of hydrogen-bond donors (Lipinski definition) is 3. The van der Waals surface area contributed by atoms with Gasteiger partial charge in [0.05, 0.1) is 29.6 Å². The zero-order valence-corrected chi connectivity index (χ0v) is 23.0. The molecule has 0 unspecified atom stereocenters. The molecule has 0 atom stereocenters. The number of carbonyl (C=O) groups is 2. The number of amides is 2. The summed E-state index contributed by atoms with van der Waals surface area (Å²) >= 11 is 6.17. The van der Waals surface area contributed by atoms with E-state index in [0.29, 0.717) is 46.9 Å². The van der Waals surface area contributed by atoms with Crippen LogP contribution in [0.15, 0.2) is 55.0 Å². The Labute approximate surface area is 236 Å². The first-order chi connectivity index (χ1) is 19.3. The molecular formula is C28H28ClN7O4. The predicted molar refractivity (Wildman–Crippen MR) is 151 cm³/mol. The molecule has 11 nitrogen and oxygen atoms in total.